The molecule has 0 unspecified atom stereocenters. The van der Waals surface area contributed by atoms with Crippen LogP contribution in [0, 0.1) is 13.8 Å². The van der Waals surface area contributed by atoms with Crippen molar-refractivity contribution in [3.63, 3.8) is 0 Å². The van der Waals surface area contributed by atoms with Gasteiger partial charge in [0.1, 0.15) is 0 Å². The number of nitrogens with zero attached hydrogens (tertiary/aromatic N) is 5. The second-order valence-electron chi connectivity index (χ2n) is 7.27. The Bertz CT molecular complexity index is 971. The number of aryl methyl sites for hydroxylation is 2. The number of hydrogen-bond donors (Lipinski definition) is 2. The van der Waals surface area contributed by atoms with Gasteiger partial charge in [0.15, 0.2) is 11.8 Å². The van der Waals surface area contributed by atoms with Crippen molar-refractivity contribution in [1.82, 2.24) is 30.6 Å². The summed E-state index contributed by atoms with van der Waals surface area (Å²) in [4.78, 5) is 8.69. The van der Waals surface area contributed by atoms with Gasteiger partial charge in [-0.25, -0.2) is 4.68 Å². The summed E-state index contributed by atoms with van der Waals surface area (Å²) in [7, 11) is 1.76. The molecule has 8 heteroatoms. The minimum absolute atomic E-state index is 0.261. The fraction of sp³-hybridized carbons (Fsp3) is 0.429. The van der Waals surface area contributed by atoms with E-state index in [0.29, 0.717) is 25.4 Å². The molecule has 0 fully saturated rings. The third-order valence-electron chi connectivity index (χ3n) is 4.53. The van der Waals surface area contributed by atoms with Gasteiger partial charge in [0.25, 0.3) is 0 Å². The zero-order chi connectivity index (χ0) is 20.8. The number of para-hydroxylation sites is 1. The number of aromatic nitrogens is 4. The van der Waals surface area contributed by atoms with Gasteiger partial charge in [-0.05, 0) is 31.5 Å². The van der Waals surface area contributed by atoms with E-state index in [0.717, 1.165) is 34.4 Å². The van der Waals surface area contributed by atoms with Gasteiger partial charge >= 0.3 is 0 Å². The molecule has 0 saturated carbocycles. The summed E-state index contributed by atoms with van der Waals surface area (Å²) in [5.74, 6) is 2.35. The Morgan fingerprint density at radius 3 is 2.66 bits per heavy atom. The average Bonchev–Trinajstić information content (AvgIpc) is 3.31. The first-order chi connectivity index (χ1) is 14.0. The maximum Gasteiger partial charge on any atom is 0.228 e. The Hall–Kier alpha value is -3.16. The summed E-state index contributed by atoms with van der Waals surface area (Å²) in [5, 5.41) is 15.2. The van der Waals surface area contributed by atoms with Crippen molar-refractivity contribution in [2.75, 3.05) is 13.6 Å². The van der Waals surface area contributed by atoms with Crippen molar-refractivity contribution in [2.45, 2.75) is 46.6 Å². The van der Waals surface area contributed by atoms with E-state index in [2.05, 4.69) is 56.0 Å². The highest BCUT2D eigenvalue weighted by molar-refractivity contribution is 5.79. The van der Waals surface area contributed by atoms with Crippen LogP contribution in [0.2, 0.25) is 0 Å². The van der Waals surface area contributed by atoms with E-state index >= 15 is 0 Å². The van der Waals surface area contributed by atoms with Crippen molar-refractivity contribution in [2.24, 2.45) is 4.99 Å². The molecule has 8 nitrogen and oxygen atoms in total. The van der Waals surface area contributed by atoms with Crippen LogP contribution in [0.15, 0.2) is 39.8 Å². The summed E-state index contributed by atoms with van der Waals surface area (Å²) in [6, 6.07) is 10.3. The Morgan fingerprint density at radius 2 is 2.00 bits per heavy atom. The average molecular weight is 396 g/mol. The van der Waals surface area contributed by atoms with E-state index in [1.54, 1.807) is 7.05 Å². The zero-order valence-electron chi connectivity index (χ0n) is 17.7. The van der Waals surface area contributed by atoms with Crippen LogP contribution in [0.3, 0.4) is 0 Å². The van der Waals surface area contributed by atoms with Crippen molar-refractivity contribution < 1.29 is 4.52 Å². The minimum atomic E-state index is 0.261. The quantitative estimate of drug-likeness (QED) is 0.472. The molecule has 0 aliphatic carbocycles. The normalized spacial score (nSPS) is 11.9. The first-order valence-electron chi connectivity index (χ1n) is 9.86. The van der Waals surface area contributed by atoms with Crippen LogP contribution >= 0.6 is 0 Å². The number of guanidine groups is 1. The number of nitrogens with one attached hydrogen (secondary N) is 2. The van der Waals surface area contributed by atoms with Crippen LogP contribution in [0.1, 0.15) is 48.4 Å². The summed E-state index contributed by atoms with van der Waals surface area (Å²) in [6.07, 6.45) is 0.642. The molecule has 0 radical (unpaired) electrons. The molecule has 3 aromatic rings. The van der Waals surface area contributed by atoms with Gasteiger partial charge in [-0.3, -0.25) is 4.99 Å². The Balaban J connectivity index is 1.58. The van der Waals surface area contributed by atoms with Crippen LogP contribution in [0.4, 0.5) is 0 Å². The topological polar surface area (TPSA) is 93.2 Å². The second kappa shape index (κ2) is 9.36. The number of rotatable bonds is 7. The highest BCUT2D eigenvalue weighted by atomic mass is 16.5. The summed E-state index contributed by atoms with van der Waals surface area (Å²) < 4.78 is 7.25. The molecule has 0 saturated heterocycles. The third kappa shape index (κ3) is 5.22. The molecule has 0 bridgehead atoms. The standard InChI is InChI=1S/C21H29N7O/c1-14(2)20-25-19(29-27-20)10-11-23-21(22-5)24-13-17-8-6-7-9-18(17)28-16(4)12-15(3)26-28/h6-9,12,14H,10-11,13H2,1-5H3,(H2,22,23,24). The molecular weight excluding hydrogens is 366 g/mol. The summed E-state index contributed by atoms with van der Waals surface area (Å²) in [6.45, 7) is 9.44. The van der Waals surface area contributed by atoms with Gasteiger partial charge in [-0.15, -0.1) is 0 Å². The fourth-order valence-corrected chi connectivity index (χ4v) is 3.03. The molecule has 0 spiro atoms. The van der Waals surface area contributed by atoms with Crippen LogP contribution in [0.5, 0.6) is 0 Å². The van der Waals surface area contributed by atoms with Gasteiger partial charge in [-0.2, -0.15) is 10.1 Å². The largest absolute Gasteiger partial charge is 0.356 e. The summed E-state index contributed by atoms with van der Waals surface area (Å²) >= 11 is 0. The summed E-state index contributed by atoms with van der Waals surface area (Å²) in [5.41, 5.74) is 4.32. The minimum Gasteiger partial charge on any atom is -0.356 e. The maximum atomic E-state index is 5.28. The van der Waals surface area contributed by atoms with Crippen LogP contribution in [-0.2, 0) is 13.0 Å². The highest BCUT2D eigenvalue weighted by Gasteiger charge is 2.11. The predicted molar refractivity (Wildman–Crippen MR) is 113 cm³/mol. The Morgan fingerprint density at radius 1 is 1.21 bits per heavy atom. The van der Waals surface area contributed by atoms with Crippen molar-refractivity contribution in [3.05, 3.63) is 59.0 Å². The lowest BCUT2D eigenvalue weighted by atomic mass is 10.1. The van der Waals surface area contributed by atoms with Crippen molar-refractivity contribution in [1.29, 1.82) is 0 Å². The molecule has 0 aliphatic heterocycles. The number of benzene rings is 1. The van der Waals surface area contributed by atoms with Gasteiger partial charge < -0.3 is 15.2 Å². The number of hydrogen-bond acceptors (Lipinski definition) is 5. The van der Waals surface area contributed by atoms with Gasteiger partial charge in [0, 0.05) is 38.2 Å². The molecule has 29 heavy (non-hydrogen) atoms. The molecule has 2 heterocycles. The molecule has 154 valence electrons. The van der Waals surface area contributed by atoms with Gasteiger partial charge in [-0.1, -0.05) is 37.2 Å². The van der Waals surface area contributed by atoms with E-state index in [-0.39, 0.29) is 5.92 Å². The molecule has 2 N–H and O–H groups in total. The lowest BCUT2D eigenvalue weighted by molar-refractivity contribution is 0.371. The second-order valence-corrected chi connectivity index (χ2v) is 7.27. The monoisotopic (exact) mass is 395 g/mol. The SMILES string of the molecule is CN=C(NCCc1nc(C(C)C)no1)NCc1ccccc1-n1nc(C)cc1C. The first kappa shape index (κ1) is 20.6. The highest BCUT2D eigenvalue weighted by Crippen LogP contribution is 2.17. The van der Waals surface area contributed by atoms with E-state index in [4.69, 9.17) is 4.52 Å². The van der Waals surface area contributed by atoms with Crippen LogP contribution in [-0.4, -0.2) is 39.5 Å². The van der Waals surface area contributed by atoms with E-state index in [9.17, 15) is 0 Å². The van der Waals surface area contributed by atoms with Crippen molar-refractivity contribution in [3.8, 4) is 5.69 Å². The predicted octanol–water partition coefficient (Wildman–Crippen LogP) is 2.90. The zero-order valence-corrected chi connectivity index (χ0v) is 17.7. The molecule has 3 rings (SSSR count). The molecule has 0 atom stereocenters. The van der Waals surface area contributed by atoms with E-state index < -0.39 is 0 Å². The first-order valence-corrected chi connectivity index (χ1v) is 9.86. The third-order valence-corrected chi connectivity index (χ3v) is 4.53. The molecular formula is C21H29N7O. The van der Waals surface area contributed by atoms with Gasteiger partial charge in [0.05, 0.1) is 11.4 Å². The lowest BCUT2D eigenvalue weighted by Gasteiger charge is -2.14. The van der Waals surface area contributed by atoms with E-state index in [1.165, 1.54) is 0 Å². The van der Waals surface area contributed by atoms with E-state index in [1.807, 2.05) is 37.6 Å². The molecule has 0 aliphatic rings. The van der Waals surface area contributed by atoms with Gasteiger partial charge in [0.2, 0.25) is 5.89 Å². The molecule has 0 amide bonds. The smallest absolute Gasteiger partial charge is 0.228 e. The van der Waals surface area contributed by atoms with Crippen LogP contribution in [0.25, 0.3) is 5.69 Å². The molecule has 2 aromatic heterocycles. The molecule has 1 aromatic carbocycles. The fourth-order valence-electron chi connectivity index (χ4n) is 3.03. The Kier molecular flexibility index (Phi) is 6.64. The van der Waals surface area contributed by atoms with Crippen molar-refractivity contribution >= 4 is 5.96 Å². The number of aliphatic imine (C=N–C) groups is 1. The maximum absolute atomic E-state index is 5.28. The lowest BCUT2D eigenvalue weighted by Crippen LogP contribution is -2.38. The Labute approximate surface area is 171 Å². The van der Waals surface area contributed by atoms with Crippen LogP contribution < -0.4 is 10.6 Å².